The molecule has 128 valence electrons. The maximum Gasteiger partial charge on any atom is 0.0540 e. The number of hydrogen-bond donors (Lipinski definition) is 1. The highest BCUT2D eigenvalue weighted by atomic mass is 16.3. The van der Waals surface area contributed by atoms with E-state index in [0.29, 0.717) is 0 Å². The van der Waals surface area contributed by atoms with Gasteiger partial charge in [-0.05, 0) is 18.8 Å². The topological polar surface area (TPSA) is 20.2 Å². The van der Waals surface area contributed by atoms with Crippen molar-refractivity contribution < 1.29 is 5.11 Å². The van der Waals surface area contributed by atoms with Crippen LogP contribution < -0.4 is 0 Å². The first-order valence-corrected chi connectivity index (χ1v) is 9.88. The van der Waals surface area contributed by atoms with E-state index in [1.807, 2.05) is 0 Å². The van der Waals surface area contributed by atoms with Crippen LogP contribution in [0.15, 0.2) is 0 Å². The number of hydrogen-bond acceptors (Lipinski definition) is 1. The van der Waals surface area contributed by atoms with E-state index in [9.17, 15) is 5.11 Å². The summed E-state index contributed by atoms with van der Waals surface area (Å²) in [4.78, 5) is 0. The van der Waals surface area contributed by atoms with Crippen LogP contribution in [0.25, 0.3) is 0 Å². The predicted octanol–water partition coefficient (Wildman–Crippen LogP) is 6.87. The molecule has 0 aromatic carbocycles. The van der Waals surface area contributed by atoms with Crippen molar-refractivity contribution in [1.82, 2.24) is 0 Å². The van der Waals surface area contributed by atoms with Gasteiger partial charge in [-0.25, -0.2) is 0 Å². The Balaban J connectivity index is 3.16. The molecular formula is C20H42O. The van der Waals surface area contributed by atoms with Crippen LogP contribution in [0.4, 0.5) is 0 Å². The monoisotopic (exact) mass is 298 g/mol. The van der Waals surface area contributed by atoms with Gasteiger partial charge >= 0.3 is 0 Å². The molecule has 0 bridgehead atoms. The first kappa shape index (κ1) is 21.0. The minimum atomic E-state index is -0.0388. The van der Waals surface area contributed by atoms with Crippen molar-refractivity contribution >= 4 is 0 Å². The van der Waals surface area contributed by atoms with Gasteiger partial charge in [-0.3, -0.25) is 0 Å². The van der Waals surface area contributed by atoms with Gasteiger partial charge in [-0.1, -0.05) is 104 Å². The van der Waals surface area contributed by atoms with Gasteiger partial charge < -0.3 is 5.11 Å². The Hall–Kier alpha value is -0.0400. The van der Waals surface area contributed by atoms with E-state index in [4.69, 9.17) is 0 Å². The van der Waals surface area contributed by atoms with Gasteiger partial charge in [0.1, 0.15) is 0 Å². The van der Waals surface area contributed by atoms with Crippen molar-refractivity contribution in [3.8, 4) is 0 Å². The number of rotatable bonds is 16. The summed E-state index contributed by atoms with van der Waals surface area (Å²) >= 11 is 0. The smallest absolute Gasteiger partial charge is 0.0540 e. The fraction of sp³-hybridized carbons (Fsp3) is 1.00. The second-order valence-corrected chi connectivity index (χ2v) is 7.07. The normalized spacial score (nSPS) is 14.3. The van der Waals surface area contributed by atoms with Crippen molar-refractivity contribution in [2.24, 2.45) is 5.92 Å². The maximum atomic E-state index is 9.96. The summed E-state index contributed by atoms with van der Waals surface area (Å²) in [7, 11) is 0. The van der Waals surface area contributed by atoms with Crippen LogP contribution in [0.1, 0.15) is 117 Å². The summed E-state index contributed by atoms with van der Waals surface area (Å²) in [5.74, 6) is 0.828. The van der Waals surface area contributed by atoms with Gasteiger partial charge in [-0.15, -0.1) is 0 Å². The molecule has 0 saturated heterocycles. The largest absolute Gasteiger partial charge is 0.393 e. The third kappa shape index (κ3) is 16.2. The SMILES string of the molecule is CCCCCCCCCCCCC(O)CCCC(C)CC. The number of aliphatic hydroxyl groups excluding tert-OH is 1. The van der Waals surface area contributed by atoms with Crippen molar-refractivity contribution in [2.75, 3.05) is 0 Å². The van der Waals surface area contributed by atoms with E-state index in [1.165, 1.54) is 83.5 Å². The Morgan fingerprint density at radius 3 is 1.62 bits per heavy atom. The van der Waals surface area contributed by atoms with Crippen LogP contribution in [0, 0.1) is 5.92 Å². The summed E-state index contributed by atoms with van der Waals surface area (Å²) in [5.41, 5.74) is 0. The Bertz CT molecular complexity index is 190. The zero-order valence-corrected chi connectivity index (χ0v) is 15.2. The summed E-state index contributed by atoms with van der Waals surface area (Å²) in [5, 5.41) is 9.96. The lowest BCUT2D eigenvalue weighted by atomic mass is 9.98. The second-order valence-electron chi connectivity index (χ2n) is 7.07. The van der Waals surface area contributed by atoms with Gasteiger partial charge in [0.25, 0.3) is 0 Å². The van der Waals surface area contributed by atoms with Crippen molar-refractivity contribution in [3.63, 3.8) is 0 Å². The first-order chi connectivity index (χ1) is 10.2. The average Bonchev–Trinajstić information content (AvgIpc) is 2.49. The third-order valence-electron chi connectivity index (χ3n) is 4.82. The van der Waals surface area contributed by atoms with Crippen LogP contribution >= 0.6 is 0 Å². The van der Waals surface area contributed by atoms with E-state index in [-0.39, 0.29) is 6.10 Å². The van der Waals surface area contributed by atoms with Crippen LogP contribution in [-0.2, 0) is 0 Å². The van der Waals surface area contributed by atoms with Gasteiger partial charge in [0, 0.05) is 0 Å². The molecule has 1 nitrogen and oxygen atoms in total. The summed E-state index contributed by atoms with van der Waals surface area (Å²) < 4.78 is 0. The molecule has 1 heteroatoms. The van der Waals surface area contributed by atoms with E-state index in [1.54, 1.807) is 0 Å². The van der Waals surface area contributed by atoms with E-state index >= 15 is 0 Å². The summed E-state index contributed by atoms with van der Waals surface area (Å²) in [6.07, 6.45) is 19.5. The molecule has 0 rings (SSSR count). The third-order valence-corrected chi connectivity index (χ3v) is 4.82. The molecule has 1 N–H and O–H groups in total. The maximum absolute atomic E-state index is 9.96. The Morgan fingerprint density at radius 2 is 1.10 bits per heavy atom. The van der Waals surface area contributed by atoms with Crippen molar-refractivity contribution in [1.29, 1.82) is 0 Å². The lowest BCUT2D eigenvalue weighted by Gasteiger charge is -2.12. The molecule has 0 aliphatic heterocycles. The molecule has 21 heavy (non-hydrogen) atoms. The minimum Gasteiger partial charge on any atom is -0.393 e. The van der Waals surface area contributed by atoms with Crippen LogP contribution in [-0.4, -0.2) is 11.2 Å². The quantitative estimate of drug-likeness (QED) is 0.308. The van der Waals surface area contributed by atoms with Gasteiger partial charge in [0.15, 0.2) is 0 Å². The standard InChI is InChI=1S/C20H42O/c1-4-6-7-8-9-10-11-12-13-14-17-20(21)18-15-16-19(3)5-2/h19-21H,4-18H2,1-3H3. The van der Waals surface area contributed by atoms with Crippen molar-refractivity contribution in [3.05, 3.63) is 0 Å². The zero-order valence-electron chi connectivity index (χ0n) is 15.2. The average molecular weight is 299 g/mol. The summed E-state index contributed by atoms with van der Waals surface area (Å²) in [6.45, 7) is 6.85. The second kappa shape index (κ2) is 16.3. The van der Waals surface area contributed by atoms with Crippen molar-refractivity contribution in [2.45, 2.75) is 123 Å². The fourth-order valence-corrected chi connectivity index (χ4v) is 2.92. The van der Waals surface area contributed by atoms with Crippen LogP contribution in [0.2, 0.25) is 0 Å². The Kier molecular flexibility index (Phi) is 16.3. The highest BCUT2D eigenvalue weighted by molar-refractivity contribution is 4.59. The Labute approximate surface area is 134 Å². The predicted molar refractivity (Wildman–Crippen MR) is 95.8 cm³/mol. The van der Waals surface area contributed by atoms with Gasteiger partial charge in [0.2, 0.25) is 0 Å². The Morgan fingerprint density at radius 1 is 0.619 bits per heavy atom. The lowest BCUT2D eigenvalue weighted by Crippen LogP contribution is -2.07. The van der Waals surface area contributed by atoms with Crippen LogP contribution in [0.5, 0.6) is 0 Å². The molecule has 0 aromatic rings. The molecule has 2 unspecified atom stereocenters. The first-order valence-electron chi connectivity index (χ1n) is 9.88. The molecule has 0 spiro atoms. The molecule has 0 heterocycles. The molecule has 0 aliphatic rings. The molecule has 0 radical (unpaired) electrons. The van der Waals surface area contributed by atoms with Gasteiger partial charge in [0.05, 0.1) is 6.10 Å². The van der Waals surface area contributed by atoms with E-state index in [0.717, 1.165) is 18.8 Å². The molecule has 0 aliphatic carbocycles. The highest BCUT2D eigenvalue weighted by Gasteiger charge is 2.05. The van der Waals surface area contributed by atoms with E-state index < -0.39 is 0 Å². The van der Waals surface area contributed by atoms with Crippen LogP contribution in [0.3, 0.4) is 0 Å². The molecule has 0 fully saturated rings. The number of unbranched alkanes of at least 4 members (excludes halogenated alkanes) is 9. The summed E-state index contributed by atoms with van der Waals surface area (Å²) in [6, 6.07) is 0. The molecule has 0 saturated carbocycles. The molecule has 0 aromatic heterocycles. The molecular weight excluding hydrogens is 256 g/mol. The van der Waals surface area contributed by atoms with E-state index in [2.05, 4.69) is 20.8 Å². The minimum absolute atomic E-state index is 0.0388. The highest BCUT2D eigenvalue weighted by Crippen LogP contribution is 2.16. The lowest BCUT2D eigenvalue weighted by molar-refractivity contribution is 0.145. The number of aliphatic hydroxyl groups is 1. The molecule has 2 atom stereocenters. The fourth-order valence-electron chi connectivity index (χ4n) is 2.92. The zero-order chi connectivity index (χ0) is 15.8. The van der Waals surface area contributed by atoms with Gasteiger partial charge in [-0.2, -0.15) is 0 Å². The molecule has 0 amide bonds.